The van der Waals surface area contributed by atoms with Gasteiger partial charge in [-0.05, 0) is 102 Å². The van der Waals surface area contributed by atoms with Gasteiger partial charge >= 0.3 is 18.5 Å². The summed E-state index contributed by atoms with van der Waals surface area (Å²) < 4.78 is 82.1. The zero-order valence-corrected chi connectivity index (χ0v) is 26.5. The highest BCUT2D eigenvalue weighted by Crippen LogP contribution is 2.33. The first-order valence-electron chi connectivity index (χ1n) is 12.9. The monoisotopic (exact) mass is 658 g/mol. The van der Waals surface area contributed by atoms with Crippen LogP contribution < -0.4 is 9.47 Å². The van der Waals surface area contributed by atoms with Crippen molar-refractivity contribution >= 4 is 33.3 Å². The molecule has 0 radical (unpaired) electrons. The highest BCUT2D eigenvalue weighted by atomic mass is 32.2. The molecule has 0 spiro atoms. The van der Waals surface area contributed by atoms with Crippen LogP contribution in [0.15, 0.2) is 93.5 Å². The third-order valence-electron chi connectivity index (χ3n) is 4.62. The second-order valence-electron chi connectivity index (χ2n) is 11.0. The third kappa shape index (κ3) is 14.6. The number of hydrogen-bond acceptors (Lipinski definition) is 9. The Morgan fingerprint density at radius 3 is 1.27 bits per heavy atom. The van der Waals surface area contributed by atoms with E-state index in [9.17, 15) is 35.7 Å². The van der Waals surface area contributed by atoms with Gasteiger partial charge in [0.1, 0.15) is 38.6 Å². The maximum Gasteiger partial charge on any atom is 0.514 e. The summed E-state index contributed by atoms with van der Waals surface area (Å²) in [7, 11) is -5.59. The molecule has 0 unspecified atom stereocenters. The molecule has 3 aromatic rings. The Hall–Kier alpha value is -3.75. The molecular weight excluding hydrogens is 625 g/mol. The fraction of sp³-hybridized carbons (Fsp3) is 0.333. The number of carbonyl (C=O) groups is 2. The van der Waals surface area contributed by atoms with Crippen molar-refractivity contribution in [1.82, 2.24) is 0 Å². The summed E-state index contributed by atoms with van der Waals surface area (Å²) >= 11 is 0. The lowest BCUT2D eigenvalue weighted by atomic mass is 10.2. The van der Waals surface area contributed by atoms with Gasteiger partial charge in [0, 0.05) is 0 Å². The van der Waals surface area contributed by atoms with Crippen molar-refractivity contribution in [2.45, 2.75) is 73.6 Å². The van der Waals surface area contributed by atoms with E-state index in [1.165, 1.54) is 0 Å². The van der Waals surface area contributed by atoms with E-state index in [0.29, 0.717) is 11.5 Å². The molecule has 14 heteroatoms. The lowest BCUT2D eigenvalue weighted by Gasteiger charge is -2.18. The molecular formula is C30H33F3O9S2. The van der Waals surface area contributed by atoms with Gasteiger partial charge < -0.3 is 23.5 Å². The number of carbonyl (C=O) groups excluding carboxylic acids is 2. The summed E-state index contributed by atoms with van der Waals surface area (Å²) in [5, 5.41) is 0. The van der Waals surface area contributed by atoms with Crippen molar-refractivity contribution in [3.05, 3.63) is 78.9 Å². The number of halogens is 3. The topological polar surface area (TPSA) is 128 Å². The van der Waals surface area contributed by atoms with Crippen LogP contribution >= 0.6 is 0 Å². The minimum Gasteiger partial charge on any atom is -0.748 e. The Kier molecular flexibility index (Phi) is 12.3. The molecule has 0 heterocycles. The van der Waals surface area contributed by atoms with Gasteiger partial charge in [-0.3, -0.25) is 0 Å². The van der Waals surface area contributed by atoms with E-state index in [4.69, 9.17) is 18.9 Å². The van der Waals surface area contributed by atoms with E-state index < -0.39 is 56.5 Å². The number of ether oxygens (including phenoxy) is 4. The predicted octanol–water partition coefficient (Wildman–Crippen LogP) is 7.50. The van der Waals surface area contributed by atoms with E-state index in [2.05, 4.69) is 12.1 Å². The highest BCUT2D eigenvalue weighted by Gasteiger charge is 2.31. The van der Waals surface area contributed by atoms with Gasteiger partial charge in [-0.2, -0.15) is 13.2 Å². The van der Waals surface area contributed by atoms with Crippen LogP contribution in [0.1, 0.15) is 41.5 Å². The summed E-state index contributed by atoms with van der Waals surface area (Å²) in [6.07, 6.45) is -6.40. The van der Waals surface area contributed by atoms with Gasteiger partial charge in [0.25, 0.3) is 0 Å². The summed E-state index contributed by atoms with van der Waals surface area (Å²) in [6.45, 7) is 10.7. The minimum absolute atomic E-state index is 0.403. The number of benzene rings is 3. The first kappa shape index (κ1) is 36.4. The predicted molar refractivity (Wildman–Crippen MR) is 156 cm³/mol. The second kappa shape index (κ2) is 14.8. The van der Waals surface area contributed by atoms with Crippen LogP contribution in [-0.2, 0) is 30.5 Å². The van der Waals surface area contributed by atoms with Crippen molar-refractivity contribution in [2.24, 2.45) is 0 Å². The molecule has 0 atom stereocenters. The molecule has 0 fully saturated rings. The van der Waals surface area contributed by atoms with E-state index >= 15 is 0 Å². The molecule has 3 rings (SSSR count). The van der Waals surface area contributed by atoms with Crippen molar-refractivity contribution in [1.29, 1.82) is 0 Å². The van der Waals surface area contributed by atoms with E-state index in [0.717, 1.165) is 14.7 Å². The Labute approximate surface area is 257 Å². The SMILES string of the molecule is CC(C)(C)OC(=O)Oc1ccc([S+](c2ccccc2)c2ccc(OC(=O)OC(C)(C)C)cc2)cc1.O=S(=O)([O-])CC(F)(F)F. The quantitative estimate of drug-likeness (QED) is 0.114. The molecule has 44 heavy (non-hydrogen) atoms. The second-order valence-corrected chi connectivity index (χ2v) is 14.4. The van der Waals surface area contributed by atoms with Gasteiger partial charge in [-0.15, -0.1) is 0 Å². The molecule has 9 nitrogen and oxygen atoms in total. The van der Waals surface area contributed by atoms with Crippen LogP contribution in [0.4, 0.5) is 22.8 Å². The first-order valence-corrected chi connectivity index (χ1v) is 15.7. The molecule has 0 saturated carbocycles. The molecule has 0 aliphatic heterocycles. The zero-order valence-electron chi connectivity index (χ0n) is 24.8. The Morgan fingerprint density at radius 1 is 0.659 bits per heavy atom. The number of hydrogen-bond donors (Lipinski definition) is 0. The van der Waals surface area contributed by atoms with Gasteiger partial charge in [-0.25, -0.2) is 18.0 Å². The maximum atomic E-state index is 12.0. The van der Waals surface area contributed by atoms with Gasteiger partial charge in [0.05, 0.1) is 10.9 Å². The Bertz CT molecular complexity index is 1400. The molecule has 0 aliphatic rings. The van der Waals surface area contributed by atoms with Crippen molar-refractivity contribution in [2.75, 3.05) is 5.75 Å². The lowest BCUT2D eigenvalue weighted by Crippen LogP contribution is -2.26. The Balaban J connectivity index is 0.000000651. The maximum absolute atomic E-state index is 12.0. The summed E-state index contributed by atoms with van der Waals surface area (Å²) in [4.78, 5) is 27.2. The van der Waals surface area contributed by atoms with Crippen molar-refractivity contribution < 1.29 is 54.7 Å². The molecule has 0 aliphatic carbocycles. The first-order chi connectivity index (χ1) is 20.1. The fourth-order valence-corrected chi connectivity index (χ4v) is 5.65. The molecule has 0 amide bonds. The zero-order chi connectivity index (χ0) is 33.3. The summed E-state index contributed by atoms with van der Waals surface area (Å²) in [5.41, 5.74) is -1.26. The molecule has 0 bridgehead atoms. The lowest BCUT2D eigenvalue weighted by molar-refractivity contribution is -0.107. The largest absolute Gasteiger partial charge is 0.748 e. The van der Waals surface area contributed by atoms with Crippen LogP contribution in [0.3, 0.4) is 0 Å². The van der Waals surface area contributed by atoms with Crippen LogP contribution in [0, 0.1) is 0 Å². The summed E-state index contributed by atoms with van der Waals surface area (Å²) in [5.74, 6) is -1.48. The molecule has 240 valence electrons. The highest BCUT2D eigenvalue weighted by molar-refractivity contribution is 7.97. The smallest absolute Gasteiger partial charge is 0.514 e. The van der Waals surface area contributed by atoms with E-state index in [1.807, 2.05) is 42.5 Å². The van der Waals surface area contributed by atoms with Crippen LogP contribution in [0.5, 0.6) is 11.5 Å². The minimum atomic E-state index is -5.16. The normalized spacial score (nSPS) is 12.1. The fourth-order valence-electron chi connectivity index (χ4n) is 3.19. The summed E-state index contributed by atoms with van der Waals surface area (Å²) in [6, 6.07) is 24.8. The average molecular weight is 659 g/mol. The van der Waals surface area contributed by atoms with Gasteiger partial charge in [-0.1, -0.05) is 18.2 Å². The van der Waals surface area contributed by atoms with Gasteiger partial charge in [0.15, 0.2) is 14.7 Å². The van der Waals surface area contributed by atoms with E-state index in [1.54, 1.807) is 65.8 Å². The van der Waals surface area contributed by atoms with Crippen LogP contribution in [-0.4, -0.2) is 48.4 Å². The number of rotatable bonds is 6. The van der Waals surface area contributed by atoms with Crippen molar-refractivity contribution in [3.8, 4) is 11.5 Å². The molecule has 3 aromatic carbocycles. The van der Waals surface area contributed by atoms with Crippen LogP contribution in [0.25, 0.3) is 0 Å². The average Bonchev–Trinajstić information content (AvgIpc) is 2.83. The Morgan fingerprint density at radius 2 is 1.00 bits per heavy atom. The van der Waals surface area contributed by atoms with Crippen molar-refractivity contribution in [3.63, 3.8) is 0 Å². The van der Waals surface area contributed by atoms with Gasteiger partial charge in [0.2, 0.25) is 0 Å². The van der Waals surface area contributed by atoms with Crippen LogP contribution in [0.2, 0.25) is 0 Å². The number of alkyl halides is 3. The molecule has 0 saturated heterocycles. The molecule has 0 N–H and O–H groups in total. The molecule has 0 aromatic heterocycles. The van der Waals surface area contributed by atoms with E-state index in [-0.39, 0.29) is 0 Å². The standard InChI is InChI=1S/C28H31O6S.C2H3F3O3S/c1-27(2,3)33-25(29)31-20-12-16-23(17-13-20)35(22-10-8-7-9-11-22)24-18-14-21(15-19-24)32-26(30)34-28(4,5)6;3-2(4,5)1-9(6,7)8/h7-19H,1-6H3;1H2,(H,6,7,8)/q+1;/p-1. The third-order valence-corrected chi connectivity index (χ3v) is 7.53.